The van der Waals surface area contributed by atoms with Crippen LogP contribution in [0, 0.1) is 0 Å². The summed E-state index contributed by atoms with van der Waals surface area (Å²) in [5.41, 5.74) is 2.39. The summed E-state index contributed by atoms with van der Waals surface area (Å²) in [6, 6.07) is 13.9. The van der Waals surface area contributed by atoms with Gasteiger partial charge < -0.3 is 5.32 Å². The van der Waals surface area contributed by atoms with Crippen molar-refractivity contribution in [2.24, 2.45) is 0 Å². The van der Waals surface area contributed by atoms with E-state index in [0.717, 1.165) is 0 Å². The molecule has 0 unspecified atom stereocenters. The Kier molecular flexibility index (Phi) is 5.76. The van der Waals surface area contributed by atoms with Gasteiger partial charge in [-0.05, 0) is 42.0 Å². The standard InChI is InChI=1S/C18H19NO3S3/c1-2-25(21,22)16-9-7-15(8-10-16)19-17(20)13-3-5-14(6-4-13)18-23-11-12-24-18/h3-10,18H,2,11-12H2,1H3,(H,19,20). The number of carbonyl (C=O) groups excluding carboxylic acids is 1. The van der Waals surface area contributed by atoms with Gasteiger partial charge in [-0.3, -0.25) is 4.79 Å². The largest absolute Gasteiger partial charge is 0.322 e. The highest BCUT2D eigenvalue weighted by molar-refractivity contribution is 8.19. The van der Waals surface area contributed by atoms with E-state index in [1.54, 1.807) is 19.1 Å². The van der Waals surface area contributed by atoms with Gasteiger partial charge in [0.15, 0.2) is 9.84 Å². The average Bonchev–Trinajstić information content (AvgIpc) is 3.17. The molecular weight excluding hydrogens is 374 g/mol. The van der Waals surface area contributed by atoms with Crippen molar-refractivity contribution in [1.29, 1.82) is 0 Å². The Morgan fingerprint density at radius 3 is 2.20 bits per heavy atom. The first kappa shape index (κ1) is 18.4. The van der Waals surface area contributed by atoms with Gasteiger partial charge in [-0.25, -0.2) is 8.42 Å². The first-order valence-electron chi connectivity index (χ1n) is 7.97. The maximum atomic E-state index is 12.3. The summed E-state index contributed by atoms with van der Waals surface area (Å²) >= 11 is 3.86. The van der Waals surface area contributed by atoms with E-state index in [9.17, 15) is 13.2 Å². The van der Waals surface area contributed by atoms with Crippen molar-refractivity contribution < 1.29 is 13.2 Å². The van der Waals surface area contributed by atoms with Crippen LogP contribution in [0.25, 0.3) is 0 Å². The summed E-state index contributed by atoms with van der Waals surface area (Å²) < 4.78 is 24.1. The Morgan fingerprint density at radius 2 is 1.64 bits per heavy atom. The lowest BCUT2D eigenvalue weighted by Crippen LogP contribution is -2.12. The van der Waals surface area contributed by atoms with Gasteiger partial charge in [0.1, 0.15) is 0 Å². The number of benzene rings is 2. The van der Waals surface area contributed by atoms with Gasteiger partial charge in [0.2, 0.25) is 0 Å². The molecule has 1 aliphatic rings. The fourth-order valence-electron chi connectivity index (χ4n) is 2.46. The summed E-state index contributed by atoms with van der Waals surface area (Å²) in [4.78, 5) is 12.6. The van der Waals surface area contributed by atoms with Gasteiger partial charge in [0.25, 0.3) is 5.91 Å². The highest BCUT2D eigenvalue weighted by atomic mass is 32.2. The predicted molar refractivity (Wildman–Crippen MR) is 106 cm³/mol. The topological polar surface area (TPSA) is 63.2 Å². The van der Waals surface area contributed by atoms with E-state index in [2.05, 4.69) is 5.32 Å². The Bertz CT molecular complexity index is 840. The molecule has 1 N–H and O–H groups in total. The van der Waals surface area contributed by atoms with Crippen LogP contribution in [0.2, 0.25) is 0 Å². The van der Waals surface area contributed by atoms with Crippen LogP contribution in [0.3, 0.4) is 0 Å². The zero-order chi connectivity index (χ0) is 17.9. The molecule has 1 saturated heterocycles. The Morgan fingerprint density at radius 1 is 1.04 bits per heavy atom. The minimum absolute atomic E-state index is 0.0582. The summed E-state index contributed by atoms with van der Waals surface area (Å²) in [6.45, 7) is 1.61. The van der Waals surface area contributed by atoms with Crippen LogP contribution in [-0.4, -0.2) is 31.6 Å². The minimum Gasteiger partial charge on any atom is -0.322 e. The highest BCUT2D eigenvalue weighted by Gasteiger charge is 2.18. The molecule has 1 heterocycles. The van der Waals surface area contributed by atoms with Crippen LogP contribution >= 0.6 is 23.5 Å². The summed E-state index contributed by atoms with van der Waals surface area (Å²) in [6.07, 6.45) is 0. The van der Waals surface area contributed by atoms with E-state index in [1.807, 2.05) is 47.8 Å². The normalized spacial score (nSPS) is 15.2. The number of amides is 1. The maximum Gasteiger partial charge on any atom is 0.255 e. The molecule has 0 bridgehead atoms. The highest BCUT2D eigenvalue weighted by Crippen LogP contribution is 2.45. The molecule has 4 nitrogen and oxygen atoms in total. The zero-order valence-corrected chi connectivity index (χ0v) is 16.2. The van der Waals surface area contributed by atoms with E-state index >= 15 is 0 Å². The number of nitrogens with one attached hydrogen (secondary N) is 1. The van der Waals surface area contributed by atoms with Gasteiger partial charge >= 0.3 is 0 Å². The van der Waals surface area contributed by atoms with Crippen LogP contribution in [0.1, 0.15) is 27.4 Å². The Hall–Kier alpha value is -1.44. The number of carbonyl (C=O) groups is 1. The first-order chi connectivity index (χ1) is 12.0. The number of thioether (sulfide) groups is 2. The third-order valence-corrected chi connectivity index (χ3v) is 8.77. The van der Waals surface area contributed by atoms with E-state index in [0.29, 0.717) is 15.8 Å². The lowest BCUT2D eigenvalue weighted by Gasteiger charge is -2.10. The molecule has 1 amide bonds. The molecule has 25 heavy (non-hydrogen) atoms. The van der Waals surface area contributed by atoms with E-state index in [1.165, 1.54) is 29.2 Å². The summed E-state index contributed by atoms with van der Waals surface area (Å²) in [5, 5.41) is 2.80. The fraction of sp³-hybridized carbons (Fsp3) is 0.278. The van der Waals surface area contributed by atoms with Gasteiger partial charge in [-0.15, -0.1) is 23.5 Å². The molecule has 0 aliphatic carbocycles. The van der Waals surface area contributed by atoms with Crippen molar-refractivity contribution in [2.45, 2.75) is 16.4 Å². The zero-order valence-electron chi connectivity index (χ0n) is 13.8. The van der Waals surface area contributed by atoms with Crippen LogP contribution in [0.4, 0.5) is 5.69 Å². The monoisotopic (exact) mass is 393 g/mol. The average molecular weight is 394 g/mol. The lowest BCUT2D eigenvalue weighted by atomic mass is 10.1. The fourth-order valence-corrected chi connectivity index (χ4v) is 6.20. The van der Waals surface area contributed by atoms with Crippen molar-refractivity contribution >= 4 is 45.0 Å². The van der Waals surface area contributed by atoms with Crippen LogP contribution in [-0.2, 0) is 9.84 Å². The van der Waals surface area contributed by atoms with Crippen molar-refractivity contribution in [2.75, 3.05) is 22.6 Å². The first-order valence-corrected chi connectivity index (χ1v) is 11.7. The molecule has 2 aromatic carbocycles. The van der Waals surface area contributed by atoms with Crippen molar-refractivity contribution in [1.82, 2.24) is 0 Å². The molecule has 2 aromatic rings. The third-order valence-electron chi connectivity index (χ3n) is 3.92. The second-order valence-corrected chi connectivity index (χ2v) is 10.6. The molecule has 1 aliphatic heterocycles. The molecule has 1 fully saturated rings. The van der Waals surface area contributed by atoms with Crippen molar-refractivity contribution in [3.05, 3.63) is 59.7 Å². The molecule has 0 atom stereocenters. The summed E-state index contributed by atoms with van der Waals surface area (Å²) in [7, 11) is -3.23. The van der Waals surface area contributed by atoms with E-state index < -0.39 is 9.84 Å². The molecule has 3 rings (SSSR count). The number of hydrogen-bond acceptors (Lipinski definition) is 5. The van der Waals surface area contributed by atoms with E-state index in [4.69, 9.17) is 0 Å². The summed E-state index contributed by atoms with van der Waals surface area (Å²) in [5.74, 6) is 2.19. The smallest absolute Gasteiger partial charge is 0.255 e. The van der Waals surface area contributed by atoms with Crippen molar-refractivity contribution in [3.63, 3.8) is 0 Å². The number of sulfone groups is 1. The number of hydrogen-bond donors (Lipinski definition) is 1. The minimum atomic E-state index is -3.23. The Labute approximate surface area is 156 Å². The molecule has 0 saturated carbocycles. The molecule has 0 aromatic heterocycles. The van der Waals surface area contributed by atoms with Gasteiger partial charge in [-0.1, -0.05) is 19.1 Å². The van der Waals surface area contributed by atoms with Crippen molar-refractivity contribution in [3.8, 4) is 0 Å². The molecule has 0 radical (unpaired) electrons. The molecule has 132 valence electrons. The van der Waals surface area contributed by atoms with Crippen LogP contribution in [0.5, 0.6) is 0 Å². The van der Waals surface area contributed by atoms with Gasteiger partial charge in [0.05, 0.1) is 15.2 Å². The Balaban J connectivity index is 1.67. The number of rotatable bonds is 5. The SMILES string of the molecule is CCS(=O)(=O)c1ccc(NC(=O)c2ccc(C3SCCS3)cc2)cc1. The van der Waals surface area contributed by atoms with Crippen LogP contribution < -0.4 is 5.32 Å². The second-order valence-electron chi connectivity index (χ2n) is 5.58. The van der Waals surface area contributed by atoms with Gasteiger partial charge in [0, 0.05) is 22.8 Å². The molecular formula is C18H19NO3S3. The van der Waals surface area contributed by atoms with Gasteiger partial charge in [-0.2, -0.15) is 0 Å². The maximum absolute atomic E-state index is 12.3. The van der Waals surface area contributed by atoms with E-state index in [-0.39, 0.29) is 16.6 Å². The lowest BCUT2D eigenvalue weighted by molar-refractivity contribution is 0.102. The molecule has 0 spiro atoms. The third kappa shape index (κ3) is 4.40. The van der Waals surface area contributed by atoms with Crippen LogP contribution in [0.15, 0.2) is 53.4 Å². The number of anilines is 1. The second kappa shape index (κ2) is 7.85. The quantitative estimate of drug-likeness (QED) is 0.824. The predicted octanol–water partition coefficient (Wildman–Crippen LogP) is 4.21. The molecule has 7 heteroatoms.